The Kier molecular flexibility index (Phi) is 46.3. The highest BCUT2D eigenvalue weighted by Gasteiger charge is 2.26. The number of carbonyl (C=O) groups excluding carboxylic acids is 1. The summed E-state index contributed by atoms with van der Waals surface area (Å²) in [4.78, 5) is 23.0. The number of carbonyl (C=O) groups is 1. The van der Waals surface area contributed by atoms with Gasteiger partial charge in [-0.2, -0.15) is 0 Å². The molecule has 2 atom stereocenters. The molecular formula is C54H105NO7P+. The van der Waals surface area contributed by atoms with Crippen LogP contribution in [0.1, 0.15) is 245 Å². The summed E-state index contributed by atoms with van der Waals surface area (Å²) in [6.45, 7) is 5.64. The maximum atomic E-state index is 12.8. The van der Waals surface area contributed by atoms with Crippen molar-refractivity contribution in [3.05, 3.63) is 36.5 Å². The Labute approximate surface area is 391 Å². The van der Waals surface area contributed by atoms with E-state index in [0.717, 1.165) is 38.5 Å². The van der Waals surface area contributed by atoms with Crippen molar-refractivity contribution in [1.29, 1.82) is 0 Å². The monoisotopic (exact) mass is 911 g/mol. The normalized spacial score (nSPS) is 13.8. The number of ether oxygens (including phenoxy) is 2. The molecule has 0 radical (unpaired) electrons. The van der Waals surface area contributed by atoms with E-state index in [2.05, 4.69) is 50.3 Å². The highest BCUT2D eigenvalue weighted by Crippen LogP contribution is 2.43. The van der Waals surface area contributed by atoms with E-state index in [9.17, 15) is 14.3 Å². The van der Waals surface area contributed by atoms with E-state index in [1.807, 2.05) is 21.1 Å². The summed E-state index contributed by atoms with van der Waals surface area (Å²) >= 11 is 0. The van der Waals surface area contributed by atoms with E-state index in [1.54, 1.807) is 0 Å². The first kappa shape index (κ1) is 61.7. The van der Waals surface area contributed by atoms with Crippen LogP contribution in [0.4, 0.5) is 0 Å². The van der Waals surface area contributed by atoms with E-state index >= 15 is 0 Å². The highest BCUT2D eigenvalue weighted by molar-refractivity contribution is 7.47. The molecule has 372 valence electrons. The Hall–Kier alpha value is -1.28. The summed E-state index contributed by atoms with van der Waals surface area (Å²) in [6, 6.07) is 0. The van der Waals surface area contributed by atoms with Crippen molar-refractivity contribution in [3.63, 3.8) is 0 Å². The molecule has 2 unspecified atom stereocenters. The van der Waals surface area contributed by atoms with Gasteiger partial charge in [0.1, 0.15) is 19.3 Å². The molecule has 9 heteroatoms. The van der Waals surface area contributed by atoms with Crippen LogP contribution in [0, 0.1) is 0 Å². The van der Waals surface area contributed by atoms with Gasteiger partial charge in [-0.05, 0) is 70.6 Å². The Balaban J connectivity index is 4.12. The third-order valence-corrected chi connectivity index (χ3v) is 12.7. The zero-order chi connectivity index (χ0) is 46.2. The number of hydrogen-bond acceptors (Lipinski definition) is 6. The average molecular weight is 911 g/mol. The minimum Gasteiger partial charge on any atom is -0.457 e. The van der Waals surface area contributed by atoms with Gasteiger partial charge in [0.15, 0.2) is 0 Å². The van der Waals surface area contributed by atoms with Crippen molar-refractivity contribution >= 4 is 13.8 Å². The zero-order valence-corrected chi connectivity index (χ0v) is 43.2. The fourth-order valence-corrected chi connectivity index (χ4v) is 8.26. The Morgan fingerprint density at radius 2 is 0.873 bits per heavy atom. The zero-order valence-electron chi connectivity index (χ0n) is 42.3. The average Bonchev–Trinajstić information content (AvgIpc) is 3.24. The smallest absolute Gasteiger partial charge is 0.457 e. The molecule has 0 aromatic heterocycles. The summed E-state index contributed by atoms with van der Waals surface area (Å²) in [6.07, 6.45) is 57.6. The van der Waals surface area contributed by atoms with Crippen molar-refractivity contribution < 1.29 is 37.3 Å². The minimum atomic E-state index is -4.28. The topological polar surface area (TPSA) is 91.3 Å². The van der Waals surface area contributed by atoms with Gasteiger partial charge < -0.3 is 18.9 Å². The first-order chi connectivity index (χ1) is 30.6. The number of hydrogen-bond donors (Lipinski definition) is 1. The van der Waals surface area contributed by atoms with E-state index in [0.29, 0.717) is 24.1 Å². The van der Waals surface area contributed by atoms with Crippen LogP contribution in [-0.2, 0) is 27.9 Å². The lowest BCUT2D eigenvalue weighted by Gasteiger charge is -2.24. The molecule has 0 spiro atoms. The summed E-state index contributed by atoms with van der Waals surface area (Å²) in [5, 5.41) is 0. The van der Waals surface area contributed by atoms with Gasteiger partial charge in [0, 0.05) is 13.0 Å². The van der Waals surface area contributed by atoms with E-state index in [4.69, 9.17) is 18.5 Å². The van der Waals surface area contributed by atoms with Crippen molar-refractivity contribution in [2.45, 2.75) is 251 Å². The van der Waals surface area contributed by atoms with Crippen LogP contribution in [0.15, 0.2) is 36.5 Å². The standard InChI is InChI=1S/C54H104NO7P/c1-6-8-10-12-14-16-18-20-22-24-26-27-28-30-32-34-36-38-40-42-44-46-49-59-51-53(52-61-63(57,58)60-50-48-55(3,4)5)62-54(56)47-45-43-41-39-37-35-33-31-29-25-23-21-19-17-15-13-11-9-7-2/h18,20-21,23-24,26,53H,6-17,19,22,25,27-52H2,1-5H3/p+1/b20-18-,23-21-,26-24-. The Bertz CT molecular complexity index is 1100. The number of likely N-dealkylation sites (N-methyl/N-ethyl adjacent to an activating group) is 1. The molecule has 0 aliphatic rings. The number of unbranched alkanes of at least 4 members (excludes halogenated alkanes) is 30. The second-order valence-electron chi connectivity index (χ2n) is 19.3. The van der Waals surface area contributed by atoms with Gasteiger partial charge in [-0.3, -0.25) is 13.8 Å². The molecule has 0 aliphatic heterocycles. The summed E-state index contributed by atoms with van der Waals surface area (Å²) in [5.41, 5.74) is 0. The van der Waals surface area contributed by atoms with E-state index in [-0.39, 0.29) is 25.8 Å². The molecule has 1 N–H and O–H groups in total. The van der Waals surface area contributed by atoms with Crippen molar-refractivity contribution in [1.82, 2.24) is 0 Å². The predicted octanol–water partition coefficient (Wildman–Crippen LogP) is 16.5. The third kappa shape index (κ3) is 51.6. The molecule has 0 aromatic carbocycles. The lowest BCUT2D eigenvalue weighted by Crippen LogP contribution is -2.37. The number of phosphoric acid groups is 1. The quantitative estimate of drug-likeness (QED) is 0.0214. The number of quaternary nitrogens is 1. The summed E-state index contributed by atoms with van der Waals surface area (Å²) in [7, 11) is 1.67. The van der Waals surface area contributed by atoms with E-state index < -0.39 is 13.9 Å². The molecule has 8 nitrogen and oxygen atoms in total. The van der Waals surface area contributed by atoms with Crippen molar-refractivity contribution in [2.24, 2.45) is 0 Å². The molecule has 0 aliphatic carbocycles. The first-order valence-corrected chi connectivity index (χ1v) is 28.2. The van der Waals surface area contributed by atoms with Gasteiger partial charge >= 0.3 is 13.8 Å². The minimum absolute atomic E-state index is 0.0882. The number of esters is 1. The highest BCUT2D eigenvalue weighted by atomic mass is 31.2. The second kappa shape index (κ2) is 47.2. The summed E-state index contributed by atoms with van der Waals surface area (Å²) in [5.74, 6) is -0.314. The van der Waals surface area contributed by atoms with Crippen molar-refractivity contribution in [2.75, 3.05) is 54.1 Å². The lowest BCUT2D eigenvalue weighted by molar-refractivity contribution is -0.870. The van der Waals surface area contributed by atoms with Crippen LogP contribution < -0.4 is 0 Å². The van der Waals surface area contributed by atoms with Gasteiger partial charge in [0.05, 0.1) is 34.4 Å². The molecule has 63 heavy (non-hydrogen) atoms. The molecule has 0 bridgehead atoms. The van der Waals surface area contributed by atoms with Crippen molar-refractivity contribution in [3.8, 4) is 0 Å². The van der Waals surface area contributed by atoms with E-state index in [1.165, 1.54) is 186 Å². The largest absolute Gasteiger partial charge is 0.472 e. The van der Waals surface area contributed by atoms with Gasteiger partial charge in [-0.1, -0.05) is 204 Å². The van der Waals surface area contributed by atoms with Crippen LogP contribution in [0.5, 0.6) is 0 Å². The number of allylic oxidation sites excluding steroid dienone is 6. The Morgan fingerprint density at radius 1 is 0.492 bits per heavy atom. The maximum absolute atomic E-state index is 12.8. The SMILES string of the molecule is CCCCCCC/C=C\C/C=C\CCCCCCCCCCCCOCC(COP(=O)(O)OCC[N+](C)(C)C)OC(=O)CCCCCCCCCCC/C=C\CCCCCCCC. The maximum Gasteiger partial charge on any atom is 0.472 e. The molecular weight excluding hydrogens is 806 g/mol. The molecule has 0 rings (SSSR count). The van der Waals surface area contributed by atoms with Gasteiger partial charge in [0.2, 0.25) is 0 Å². The van der Waals surface area contributed by atoms with Crippen LogP contribution in [0.3, 0.4) is 0 Å². The lowest BCUT2D eigenvalue weighted by atomic mass is 10.1. The second-order valence-corrected chi connectivity index (χ2v) is 20.7. The van der Waals surface area contributed by atoms with Crippen LogP contribution in [0.25, 0.3) is 0 Å². The molecule has 0 aromatic rings. The summed E-state index contributed by atoms with van der Waals surface area (Å²) < 4.78 is 35.2. The van der Waals surface area contributed by atoms with Crippen LogP contribution in [0.2, 0.25) is 0 Å². The van der Waals surface area contributed by atoms with Gasteiger partial charge in [-0.25, -0.2) is 4.57 Å². The fourth-order valence-electron chi connectivity index (χ4n) is 7.52. The third-order valence-electron chi connectivity index (χ3n) is 11.7. The Morgan fingerprint density at radius 3 is 1.30 bits per heavy atom. The number of rotatable bonds is 50. The molecule has 0 saturated heterocycles. The van der Waals surface area contributed by atoms with Crippen LogP contribution >= 0.6 is 7.82 Å². The predicted molar refractivity (Wildman–Crippen MR) is 270 cm³/mol. The fraction of sp³-hybridized carbons (Fsp3) is 0.870. The number of phosphoric ester groups is 1. The molecule has 0 heterocycles. The molecule has 0 amide bonds. The number of nitrogens with zero attached hydrogens (tertiary/aromatic N) is 1. The van der Waals surface area contributed by atoms with Crippen LogP contribution in [-0.4, -0.2) is 75.6 Å². The first-order valence-electron chi connectivity index (χ1n) is 26.7. The molecule has 0 saturated carbocycles. The van der Waals surface area contributed by atoms with Gasteiger partial charge in [0.25, 0.3) is 0 Å². The molecule has 0 fully saturated rings. The van der Waals surface area contributed by atoms with Gasteiger partial charge in [-0.15, -0.1) is 0 Å².